The number of nitrogens with zero attached hydrogens (tertiary/aromatic N) is 3. The van der Waals surface area contributed by atoms with E-state index in [-0.39, 0.29) is 23.6 Å². The van der Waals surface area contributed by atoms with Gasteiger partial charge in [-0.2, -0.15) is 0 Å². The number of hydrogen-bond acceptors (Lipinski definition) is 5. The van der Waals surface area contributed by atoms with E-state index in [1.165, 1.54) is 6.20 Å². The molecule has 0 unspecified atom stereocenters. The van der Waals surface area contributed by atoms with E-state index in [1.54, 1.807) is 17.0 Å². The Balaban J connectivity index is 1.71. The minimum absolute atomic E-state index is 0.0492. The van der Waals surface area contributed by atoms with E-state index >= 15 is 0 Å². The Labute approximate surface area is 135 Å². The number of nitrogens with two attached hydrogens (primary N) is 1. The van der Waals surface area contributed by atoms with Crippen molar-refractivity contribution in [3.63, 3.8) is 0 Å². The van der Waals surface area contributed by atoms with Gasteiger partial charge in [-0.25, -0.2) is 9.78 Å². The van der Waals surface area contributed by atoms with Crippen molar-refractivity contribution in [2.75, 3.05) is 25.4 Å². The Morgan fingerprint density at radius 2 is 2.04 bits per heavy atom. The number of ether oxygens (including phenoxy) is 1. The molecule has 2 aliphatic rings. The van der Waals surface area contributed by atoms with Gasteiger partial charge in [-0.3, -0.25) is 4.79 Å². The number of anilines is 1. The molecule has 2 heterocycles. The zero-order chi connectivity index (χ0) is 16.6. The molecule has 2 N–H and O–H groups in total. The number of rotatable bonds is 2. The average molecular weight is 318 g/mol. The van der Waals surface area contributed by atoms with Gasteiger partial charge in [0.1, 0.15) is 5.82 Å². The first-order valence-electron chi connectivity index (χ1n) is 7.90. The number of aromatic nitrogens is 1. The number of hydrogen-bond donors (Lipinski definition) is 1. The van der Waals surface area contributed by atoms with E-state index in [0.717, 1.165) is 12.8 Å². The predicted molar refractivity (Wildman–Crippen MR) is 84.8 cm³/mol. The summed E-state index contributed by atoms with van der Waals surface area (Å²) >= 11 is 0. The second-order valence-corrected chi connectivity index (χ2v) is 6.51. The summed E-state index contributed by atoms with van der Waals surface area (Å²) in [6.07, 6.45) is 2.89. The van der Waals surface area contributed by atoms with Gasteiger partial charge in [-0.05, 0) is 38.8 Å². The number of carbonyl (C=O) groups is 2. The summed E-state index contributed by atoms with van der Waals surface area (Å²) in [6.45, 7) is 5.20. The van der Waals surface area contributed by atoms with Gasteiger partial charge in [0.05, 0.1) is 17.2 Å². The van der Waals surface area contributed by atoms with Crippen molar-refractivity contribution in [2.45, 2.75) is 38.3 Å². The van der Waals surface area contributed by atoms with E-state index in [0.29, 0.717) is 31.0 Å². The lowest BCUT2D eigenvalue weighted by atomic mass is 10.1. The van der Waals surface area contributed by atoms with Crippen LogP contribution in [-0.4, -0.2) is 58.1 Å². The monoisotopic (exact) mass is 318 g/mol. The molecule has 124 valence electrons. The molecule has 7 heteroatoms. The molecular formula is C16H22N4O3. The van der Waals surface area contributed by atoms with Crippen LogP contribution in [0.15, 0.2) is 18.3 Å². The van der Waals surface area contributed by atoms with Gasteiger partial charge < -0.3 is 20.3 Å². The summed E-state index contributed by atoms with van der Waals surface area (Å²) in [4.78, 5) is 32.4. The number of carbonyl (C=O) groups excluding carboxylic acids is 2. The maximum Gasteiger partial charge on any atom is 0.410 e. The van der Waals surface area contributed by atoms with Crippen LogP contribution in [0.5, 0.6) is 0 Å². The Morgan fingerprint density at radius 3 is 2.61 bits per heavy atom. The highest BCUT2D eigenvalue weighted by Gasteiger charge is 2.54. The molecule has 2 fully saturated rings. The molecule has 3 rings (SSSR count). The smallest absolute Gasteiger partial charge is 0.410 e. The highest BCUT2D eigenvalue weighted by Crippen LogP contribution is 2.45. The van der Waals surface area contributed by atoms with Gasteiger partial charge in [0.25, 0.3) is 5.91 Å². The lowest BCUT2D eigenvalue weighted by molar-refractivity contribution is 0.0250. The molecule has 7 nitrogen and oxygen atoms in total. The molecule has 0 atom stereocenters. The van der Waals surface area contributed by atoms with Gasteiger partial charge in [0.15, 0.2) is 0 Å². The fraction of sp³-hybridized carbons (Fsp3) is 0.562. The summed E-state index contributed by atoms with van der Waals surface area (Å²) in [5, 5.41) is 0. The van der Waals surface area contributed by atoms with Crippen molar-refractivity contribution in [1.82, 2.24) is 14.8 Å². The second-order valence-electron chi connectivity index (χ2n) is 6.51. The van der Waals surface area contributed by atoms with Crippen LogP contribution in [0.4, 0.5) is 10.6 Å². The SMILES string of the molecule is CC(C)OC(=O)N1CCN(C(=O)c2ccc(N)nc2)C2(CC2)C1. The second kappa shape index (κ2) is 5.72. The average Bonchev–Trinajstić information content (AvgIpc) is 3.26. The summed E-state index contributed by atoms with van der Waals surface area (Å²) in [5.74, 6) is 0.343. The van der Waals surface area contributed by atoms with Crippen LogP contribution in [0, 0.1) is 0 Å². The topological polar surface area (TPSA) is 88.8 Å². The molecule has 1 aliphatic heterocycles. The predicted octanol–water partition coefficient (Wildman–Crippen LogP) is 1.50. The molecule has 0 bridgehead atoms. The van der Waals surface area contributed by atoms with Crippen molar-refractivity contribution < 1.29 is 14.3 Å². The zero-order valence-electron chi connectivity index (χ0n) is 13.5. The zero-order valence-corrected chi connectivity index (χ0v) is 13.5. The van der Waals surface area contributed by atoms with Gasteiger partial charge in [-0.1, -0.05) is 0 Å². The Kier molecular flexibility index (Phi) is 3.87. The van der Waals surface area contributed by atoms with Crippen molar-refractivity contribution >= 4 is 17.8 Å². The molecule has 2 amide bonds. The van der Waals surface area contributed by atoms with Gasteiger partial charge in [0.2, 0.25) is 0 Å². The molecule has 23 heavy (non-hydrogen) atoms. The van der Waals surface area contributed by atoms with Gasteiger partial charge in [-0.15, -0.1) is 0 Å². The summed E-state index contributed by atoms with van der Waals surface area (Å²) in [5.41, 5.74) is 5.86. The van der Waals surface area contributed by atoms with E-state index in [2.05, 4.69) is 4.98 Å². The largest absolute Gasteiger partial charge is 0.447 e. The Hall–Kier alpha value is -2.31. The summed E-state index contributed by atoms with van der Waals surface area (Å²) in [7, 11) is 0. The lowest BCUT2D eigenvalue weighted by Gasteiger charge is -2.41. The number of piperazine rings is 1. The first kappa shape index (κ1) is 15.6. The van der Waals surface area contributed by atoms with Crippen LogP contribution in [0.2, 0.25) is 0 Å². The third kappa shape index (κ3) is 3.09. The maximum absolute atomic E-state index is 12.7. The summed E-state index contributed by atoms with van der Waals surface area (Å²) < 4.78 is 5.26. The molecule has 1 saturated carbocycles. The lowest BCUT2D eigenvalue weighted by Crippen LogP contribution is -2.58. The molecule has 0 radical (unpaired) electrons. The van der Waals surface area contributed by atoms with E-state index in [4.69, 9.17) is 10.5 Å². The van der Waals surface area contributed by atoms with Crippen LogP contribution in [-0.2, 0) is 4.74 Å². The molecular weight excluding hydrogens is 296 g/mol. The van der Waals surface area contributed by atoms with Gasteiger partial charge >= 0.3 is 6.09 Å². The standard InChI is InChI=1S/C16H22N4O3/c1-11(2)23-15(22)19-7-8-20(16(10-19)5-6-16)14(21)12-3-4-13(17)18-9-12/h3-4,9,11H,5-8,10H2,1-2H3,(H2,17,18). The first-order valence-corrected chi connectivity index (χ1v) is 7.90. The molecule has 1 aromatic heterocycles. The first-order chi connectivity index (χ1) is 10.9. The highest BCUT2D eigenvalue weighted by atomic mass is 16.6. The minimum atomic E-state index is -0.299. The Bertz CT molecular complexity index is 610. The molecule has 1 saturated heterocycles. The van der Waals surface area contributed by atoms with Crippen LogP contribution in [0.1, 0.15) is 37.0 Å². The molecule has 1 aromatic rings. The van der Waals surface area contributed by atoms with E-state index in [9.17, 15) is 9.59 Å². The number of nitrogen functional groups attached to an aromatic ring is 1. The molecule has 1 aliphatic carbocycles. The Morgan fingerprint density at radius 1 is 1.30 bits per heavy atom. The van der Waals surface area contributed by atoms with Crippen molar-refractivity contribution in [2.24, 2.45) is 0 Å². The fourth-order valence-corrected chi connectivity index (χ4v) is 2.99. The molecule has 1 spiro atoms. The van der Waals surface area contributed by atoms with Crippen LogP contribution >= 0.6 is 0 Å². The maximum atomic E-state index is 12.7. The highest BCUT2D eigenvalue weighted by molar-refractivity contribution is 5.95. The summed E-state index contributed by atoms with van der Waals surface area (Å²) in [6, 6.07) is 3.32. The number of pyridine rings is 1. The number of amides is 2. The fourth-order valence-electron chi connectivity index (χ4n) is 2.99. The minimum Gasteiger partial charge on any atom is -0.447 e. The van der Waals surface area contributed by atoms with E-state index in [1.807, 2.05) is 18.7 Å². The van der Waals surface area contributed by atoms with Crippen molar-refractivity contribution in [3.05, 3.63) is 23.9 Å². The third-order valence-corrected chi connectivity index (χ3v) is 4.35. The van der Waals surface area contributed by atoms with Crippen LogP contribution in [0.3, 0.4) is 0 Å². The van der Waals surface area contributed by atoms with Gasteiger partial charge in [0, 0.05) is 25.8 Å². The van der Waals surface area contributed by atoms with Crippen LogP contribution < -0.4 is 5.73 Å². The third-order valence-electron chi connectivity index (χ3n) is 4.35. The van der Waals surface area contributed by atoms with Crippen molar-refractivity contribution in [3.8, 4) is 0 Å². The van der Waals surface area contributed by atoms with Crippen LogP contribution in [0.25, 0.3) is 0 Å². The molecule has 0 aromatic carbocycles. The van der Waals surface area contributed by atoms with Crippen molar-refractivity contribution in [1.29, 1.82) is 0 Å². The van der Waals surface area contributed by atoms with E-state index < -0.39 is 0 Å². The normalized spacial score (nSPS) is 19.1. The quantitative estimate of drug-likeness (QED) is 0.892.